The number of carbonyl (C=O) groups is 2. The van der Waals surface area contributed by atoms with E-state index in [2.05, 4.69) is 5.32 Å². The number of aldehydes is 1. The Bertz CT molecular complexity index is 1030. The summed E-state index contributed by atoms with van der Waals surface area (Å²) in [5, 5.41) is 3.52. The number of ether oxygens (including phenoxy) is 2. The second-order valence-electron chi connectivity index (χ2n) is 7.11. The van der Waals surface area contributed by atoms with Crippen molar-refractivity contribution >= 4 is 29.6 Å². The van der Waals surface area contributed by atoms with Crippen molar-refractivity contribution in [3.05, 3.63) is 95.0 Å². The molecule has 2 unspecified atom stereocenters. The van der Waals surface area contributed by atoms with Crippen LogP contribution < -0.4 is 10.1 Å². The number of nitrogens with zero attached hydrogens (tertiary/aromatic N) is 1. The molecule has 1 N–H and O–H groups in total. The third kappa shape index (κ3) is 5.23. The summed E-state index contributed by atoms with van der Waals surface area (Å²) in [5.41, 5.74) is 2.11. The van der Waals surface area contributed by atoms with Crippen molar-refractivity contribution in [3.63, 3.8) is 0 Å². The summed E-state index contributed by atoms with van der Waals surface area (Å²) in [4.78, 5) is 25.4. The maximum atomic E-state index is 13.0. The summed E-state index contributed by atoms with van der Waals surface area (Å²) in [6.45, 7) is 0.623. The van der Waals surface area contributed by atoms with Gasteiger partial charge in [-0.05, 0) is 48.5 Å². The van der Waals surface area contributed by atoms with Gasteiger partial charge < -0.3 is 14.8 Å². The molecule has 1 saturated heterocycles. The van der Waals surface area contributed by atoms with Gasteiger partial charge in [0.05, 0.1) is 6.54 Å². The number of para-hydroxylation sites is 1. The highest BCUT2D eigenvalue weighted by molar-refractivity contribution is 6.30. The van der Waals surface area contributed by atoms with Crippen LogP contribution >= 0.6 is 11.6 Å². The van der Waals surface area contributed by atoms with Gasteiger partial charge in [-0.3, -0.25) is 9.69 Å². The number of hydrogen-bond acceptors (Lipinski definition) is 4. The first-order chi connectivity index (χ1) is 15.1. The SMILES string of the molecule is O=Cc1ccc(OCC2CN(C(=O)Nc3ccccc3)C(c3ccc(Cl)cc3)O2)cc1. The summed E-state index contributed by atoms with van der Waals surface area (Å²) in [6.07, 6.45) is -0.107. The quantitative estimate of drug-likeness (QED) is 0.542. The largest absolute Gasteiger partial charge is 0.491 e. The normalized spacial score (nSPS) is 17.9. The van der Waals surface area contributed by atoms with Gasteiger partial charge in [-0.15, -0.1) is 0 Å². The van der Waals surface area contributed by atoms with Gasteiger partial charge in [0.25, 0.3) is 0 Å². The molecule has 6 nitrogen and oxygen atoms in total. The Balaban J connectivity index is 1.47. The van der Waals surface area contributed by atoms with E-state index in [0.717, 1.165) is 11.8 Å². The van der Waals surface area contributed by atoms with Crippen molar-refractivity contribution in [3.8, 4) is 5.75 Å². The minimum atomic E-state index is -0.563. The minimum absolute atomic E-state index is 0.260. The van der Waals surface area contributed by atoms with Gasteiger partial charge in [-0.25, -0.2) is 4.79 Å². The number of urea groups is 1. The minimum Gasteiger partial charge on any atom is -0.491 e. The third-order valence-electron chi connectivity index (χ3n) is 4.90. The van der Waals surface area contributed by atoms with E-state index >= 15 is 0 Å². The molecule has 2 amide bonds. The summed E-state index contributed by atoms with van der Waals surface area (Å²) >= 11 is 6.02. The van der Waals surface area contributed by atoms with Crippen molar-refractivity contribution in [1.82, 2.24) is 4.90 Å². The van der Waals surface area contributed by atoms with Crippen LogP contribution in [0, 0.1) is 0 Å². The zero-order valence-electron chi connectivity index (χ0n) is 16.6. The average Bonchev–Trinajstić information content (AvgIpc) is 3.24. The van der Waals surface area contributed by atoms with Crippen molar-refractivity contribution < 1.29 is 19.1 Å². The lowest BCUT2D eigenvalue weighted by atomic mass is 10.2. The Hall–Kier alpha value is -3.35. The van der Waals surface area contributed by atoms with Gasteiger partial charge in [0.1, 0.15) is 24.7 Å². The van der Waals surface area contributed by atoms with Crippen molar-refractivity contribution in [1.29, 1.82) is 0 Å². The molecule has 1 fully saturated rings. The van der Waals surface area contributed by atoms with Crippen LogP contribution in [-0.2, 0) is 4.74 Å². The van der Waals surface area contributed by atoms with Crippen molar-refractivity contribution in [2.45, 2.75) is 12.3 Å². The van der Waals surface area contributed by atoms with Crippen LogP contribution in [0.1, 0.15) is 22.1 Å². The molecule has 2 atom stereocenters. The predicted octanol–water partition coefficient (Wildman–Crippen LogP) is 5.16. The fraction of sp³-hybridized carbons (Fsp3) is 0.167. The van der Waals surface area contributed by atoms with Gasteiger partial charge in [0.15, 0.2) is 6.23 Å². The molecule has 3 aromatic rings. The van der Waals surface area contributed by atoms with E-state index in [1.165, 1.54) is 0 Å². The lowest BCUT2D eigenvalue weighted by Gasteiger charge is -2.23. The first kappa shape index (κ1) is 20.9. The number of rotatable bonds is 6. The van der Waals surface area contributed by atoms with Crippen LogP contribution in [0.3, 0.4) is 0 Å². The summed E-state index contributed by atoms with van der Waals surface area (Å²) in [7, 11) is 0. The third-order valence-corrected chi connectivity index (χ3v) is 5.15. The van der Waals surface area contributed by atoms with E-state index in [-0.39, 0.29) is 18.7 Å². The second kappa shape index (κ2) is 9.64. The zero-order valence-corrected chi connectivity index (χ0v) is 17.4. The molecular weight excluding hydrogens is 416 g/mol. The van der Waals surface area contributed by atoms with Crippen LogP contribution in [-0.4, -0.2) is 36.5 Å². The summed E-state index contributed by atoms with van der Waals surface area (Å²) < 4.78 is 12.0. The molecule has 4 rings (SSSR count). The molecule has 7 heteroatoms. The molecule has 1 aliphatic heterocycles. The lowest BCUT2D eigenvalue weighted by molar-refractivity contribution is -0.00516. The van der Waals surface area contributed by atoms with E-state index in [4.69, 9.17) is 21.1 Å². The molecule has 0 saturated carbocycles. The Labute approximate surface area is 185 Å². The highest BCUT2D eigenvalue weighted by Gasteiger charge is 2.37. The number of halogens is 1. The van der Waals surface area contributed by atoms with Gasteiger partial charge >= 0.3 is 6.03 Å². The maximum Gasteiger partial charge on any atom is 0.324 e. The zero-order chi connectivity index (χ0) is 21.6. The highest BCUT2D eigenvalue weighted by atomic mass is 35.5. The van der Waals surface area contributed by atoms with Gasteiger partial charge in [-0.2, -0.15) is 0 Å². The van der Waals surface area contributed by atoms with E-state index in [0.29, 0.717) is 28.6 Å². The fourth-order valence-corrected chi connectivity index (χ4v) is 3.46. The first-order valence-corrected chi connectivity index (χ1v) is 10.2. The van der Waals surface area contributed by atoms with Crippen molar-refractivity contribution in [2.24, 2.45) is 0 Å². The summed E-state index contributed by atoms with van der Waals surface area (Å²) in [6, 6.07) is 23.1. The first-order valence-electron chi connectivity index (χ1n) is 9.84. The van der Waals surface area contributed by atoms with Crippen LogP contribution in [0.5, 0.6) is 5.75 Å². The molecule has 0 aliphatic carbocycles. The molecule has 3 aromatic carbocycles. The van der Waals surface area contributed by atoms with E-state index in [9.17, 15) is 9.59 Å². The number of hydrogen-bond donors (Lipinski definition) is 1. The topological polar surface area (TPSA) is 67.9 Å². The number of amides is 2. The van der Waals surface area contributed by atoms with Crippen LogP contribution in [0.2, 0.25) is 5.02 Å². The molecule has 31 heavy (non-hydrogen) atoms. The Morgan fingerprint density at radius 3 is 2.45 bits per heavy atom. The molecular formula is C24H21ClN2O4. The van der Waals surface area contributed by atoms with Gasteiger partial charge in [0, 0.05) is 21.8 Å². The predicted molar refractivity (Wildman–Crippen MR) is 119 cm³/mol. The second-order valence-corrected chi connectivity index (χ2v) is 7.54. The standard InChI is InChI=1S/C24H21ClN2O4/c25-19-10-8-18(9-11-19)23-27(24(29)26-20-4-2-1-3-5-20)14-22(31-23)16-30-21-12-6-17(15-28)7-13-21/h1-13,15,22-23H,14,16H2,(H,26,29). The summed E-state index contributed by atoms with van der Waals surface area (Å²) in [5.74, 6) is 0.629. The number of carbonyl (C=O) groups excluding carboxylic acids is 2. The highest BCUT2D eigenvalue weighted by Crippen LogP contribution is 2.32. The number of anilines is 1. The molecule has 0 radical (unpaired) electrons. The monoisotopic (exact) mass is 436 g/mol. The van der Waals surface area contributed by atoms with Crippen LogP contribution in [0.25, 0.3) is 0 Å². The smallest absolute Gasteiger partial charge is 0.324 e. The van der Waals surface area contributed by atoms with E-state index in [1.54, 1.807) is 41.3 Å². The van der Waals surface area contributed by atoms with Gasteiger partial charge in [-0.1, -0.05) is 41.9 Å². The van der Waals surface area contributed by atoms with E-state index < -0.39 is 6.23 Å². The average molecular weight is 437 g/mol. The molecule has 158 valence electrons. The lowest BCUT2D eigenvalue weighted by Crippen LogP contribution is -2.36. The Kier molecular flexibility index (Phi) is 6.50. The molecule has 1 heterocycles. The Morgan fingerprint density at radius 1 is 1.06 bits per heavy atom. The van der Waals surface area contributed by atoms with Gasteiger partial charge in [0.2, 0.25) is 0 Å². The van der Waals surface area contributed by atoms with Crippen molar-refractivity contribution in [2.75, 3.05) is 18.5 Å². The fourth-order valence-electron chi connectivity index (χ4n) is 3.33. The van der Waals surface area contributed by atoms with Crippen LogP contribution in [0.15, 0.2) is 78.9 Å². The molecule has 1 aliphatic rings. The van der Waals surface area contributed by atoms with E-state index in [1.807, 2.05) is 42.5 Å². The molecule has 0 bridgehead atoms. The number of benzene rings is 3. The maximum absolute atomic E-state index is 13.0. The molecule has 0 aromatic heterocycles. The Morgan fingerprint density at radius 2 is 1.77 bits per heavy atom. The number of nitrogens with one attached hydrogen (secondary N) is 1. The molecule has 0 spiro atoms. The van der Waals surface area contributed by atoms with Crippen LogP contribution in [0.4, 0.5) is 10.5 Å².